The molecule has 28 heavy (non-hydrogen) atoms. The van der Waals surface area contributed by atoms with E-state index in [1.807, 2.05) is 0 Å². The minimum absolute atomic E-state index is 0.339. The van der Waals surface area contributed by atoms with E-state index in [1.54, 1.807) is 0 Å². The predicted octanol–water partition coefficient (Wildman–Crippen LogP) is 4.13. The van der Waals surface area contributed by atoms with Crippen molar-refractivity contribution >= 4 is 21.8 Å². The summed E-state index contributed by atoms with van der Waals surface area (Å²) in [4.78, 5) is 1.54. The summed E-state index contributed by atoms with van der Waals surface area (Å²) in [5.74, 6) is 1.42. The molecule has 1 atom stereocenters. The minimum Gasteiger partial charge on any atom is -0.385 e. The Bertz CT molecular complexity index is 815. The van der Waals surface area contributed by atoms with Crippen LogP contribution in [0.2, 0.25) is 0 Å². The largest absolute Gasteiger partial charge is 0.385 e. The fourth-order valence-electron chi connectivity index (χ4n) is 4.12. The summed E-state index contributed by atoms with van der Waals surface area (Å²) in [6.45, 7) is 12.9. The number of aliphatic hydroxyl groups excluding tert-OH is 1. The lowest BCUT2D eigenvalue weighted by Gasteiger charge is -2.24. The molecular formula is C25H37N2O+. The van der Waals surface area contributed by atoms with Crippen molar-refractivity contribution in [3.63, 3.8) is 0 Å². The number of para-hydroxylation sites is 2. The standard InChI is InChI=1S/C25H36N2O/c1-19(2)13-15-26(16-14-20(3)4)17-21(28)18-27-24-11-7-5-9-22(24)23-10-6-8-12-25(23)27/h5-12,19-21,28H,13-18H2,1-4H3/p+1/t21-/m1/s1. The number of rotatable bonds is 10. The fourth-order valence-corrected chi connectivity index (χ4v) is 4.12. The fraction of sp³-hybridized carbons (Fsp3) is 0.520. The van der Waals surface area contributed by atoms with Crippen LogP contribution in [0, 0.1) is 11.8 Å². The normalized spacial score (nSPS) is 13.4. The summed E-state index contributed by atoms with van der Waals surface area (Å²) < 4.78 is 2.30. The molecule has 2 aromatic carbocycles. The zero-order valence-electron chi connectivity index (χ0n) is 18.0. The van der Waals surface area contributed by atoms with Gasteiger partial charge in [-0.1, -0.05) is 64.1 Å². The molecule has 3 rings (SSSR count). The molecule has 3 aromatic rings. The van der Waals surface area contributed by atoms with Crippen LogP contribution in [0.5, 0.6) is 0 Å². The van der Waals surface area contributed by atoms with Crippen LogP contribution in [0.1, 0.15) is 40.5 Å². The van der Waals surface area contributed by atoms with Crippen LogP contribution in [0.4, 0.5) is 0 Å². The zero-order chi connectivity index (χ0) is 20.1. The Morgan fingerprint density at radius 1 is 0.786 bits per heavy atom. The lowest BCUT2D eigenvalue weighted by Crippen LogP contribution is -3.13. The zero-order valence-corrected chi connectivity index (χ0v) is 18.0. The van der Waals surface area contributed by atoms with E-state index >= 15 is 0 Å². The van der Waals surface area contributed by atoms with E-state index in [0.29, 0.717) is 18.4 Å². The van der Waals surface area contributed by atoms with E-state index in [0.717, 1.165) is 19.6 Å². The number of fused-ring (bicyclic) bond motifs is 3. The van der Waals surface area contributed by atoms with E-state index in [4.69, 9.17) is 0 Å². The highest BCUT2D eigenvalue weighted by Crippen LogP contribution is 2.28. The van der Waals surface area contributed by atoms with E-state index in [1.165, 1.54) is 39.5 Å². The number of aromatic nitrogens is 1. The van der Waals surface area contributed by atoms with Crippen LogP contribution < -0.4 is 4.90 Å². The number of benzene rings is 2. The number of hydrogen-bond acceptors (Lipinski definition) is 1. The molecule has 3 heteroatoms. The van der Waals surface area contributed by atoms with Crippen molar-refractivity contribution in [2.24, 2.45) is 11.8 Å². The highest BCUT2D eigenvalue weighted by molar-refractivity contribution is 6.07. The Morgan fingerprint density at radius 2 is 1.25 bits per heavy atom. The van der Waals surface area contributed by atoms with Gasteiger partial charge >= 0.3 is 0 Å². The first kappa shape index (κ1) is 20.9. The molecule has 3 nitrogen and oxygen atoms in total. The van der Waals surface area contributed by atoms with Gasteiger partial charge in [0.15, 0.2) is 0 Å². The Morgan fingerprint density at radius 3 is 1.71 bits per heavy atom. The first-order valence-electron chi connectivity index (χ1n) is 10.9. The Labute approximate surface area is 170 Å². The molecule has 0 bridgehead atoms. The van der Waals surface area contributed by atoms with Crippen molar-refractivity contribution in [2.45, 2.75) is 53.2 Å². The van der Waals surface area contributed by atoms with Gasteiger partial charge < -0.3 is 14.6 Å². The maximum absolute atomic E-state index is 11.0. The topological polar surface area (TPSA) is 29.6 Å². The number of nitrogens with one attached hydrogen (secondary N) is 1. The number of quaternary nitrogens is 1. The van der Waals surface area contributed by atoms with Crippen molar-refractivity contribution in [1.82, 2.24) is 4.57 Å². The van der Waals surface area contributed by atoms with Gasteiger partial charge in [-0.05, 0) is 36.8 Å². The van der Waals surface area contributed by atoms with Crippen molar-refractivity contribution in [2.75, 3.05) is 19.6 Å². The van der Waals surface area contributed by atoms with Gasteiger partial charge in [0, 0.05) is 21.8 Å². The van der Waals surface area contributed by atoms with Crippen molar-refractivity contribution < 1.29 is 10.0 Å². The van der Waals surface area contributed by atoms with Gasteiger partial charge in [0.2, 0.25) is 0 Å². The molecule has 0 saturated carbocycles. The minimum atomic E-state index is -0.339. The molecule has 0 saturated heterocycles. The Kier molecular flexibility index (Phi) is 7.14. The second kappa shape index (κ2) is 9.58. The summed E-state index contributed by atoms with van der Waals surface area (Å²) in [6.07, 6.45) is 2.10. The molecule has 1 heterocycles. The van der Waals surface area contributed by atoms with E-state index in [9.17, 15) is 5.11 Å². The molecule has 0 fully saturated rings. The molecule has 0 unspecified atom stereocenters. The van der Waals surface area contributed by atoms with Crippen molar-refractivity contribution in [1.29, 1.82) is 0 Å². The van der Waals surface area contributed by atoms with Crippen molar-refractivity contribution in [3.8, 4) is 0 Å². The third kappa shape index (κ3) is 5.15. The van der Waals surface area contributed by atoms with E-state index < -0.39 is 0 Å². The van der Waals surface area contributed by atoms with Crippen LogP contribution in [-0.2, 0) is 6.54 Å². The van der Waals surface area contributed by atoms with Gasteiger partial charge in [-0.25, -0.2) is 0 Å². The number of aliphatic hydroxyl groups is 1. The first-order chi connectivity index (χ1) is 13.5. The Hall–Kier alpha value is -1.84. The average molecular weight is 382 g/mol. The van der Waals surface area contributed by atoms with Crippen LogP contribution in [0.3, 0.4) is 0 Å². The third-order valence-electron chi connectivity index (χ3n) is 5.75. The van der Waals surface area contributed by atoms with Crippen molar-refractivity contribution in [3.05, 3.63) is 48.5 Å². The predicted molar refractivity (Wildman–Crippen MR) is 120 cm³/mol. The summed E-state index contributed by atoms with van der Waals surface area (Å²) in [5.41, 5.74) is 2.43. The Balaban J connectivity index is 1.77. The highest BCUT2D eigenvalue weighted by Gasteiger charge is 2.19. The van der Waals surface area contributed by atoms with Crippen LogP contribution in [-0.4, -0.2) is 35.4 Å². The molecule has 0 radical (unpaired) electrons. The number of hydrogen-bond donors (Lipinski definition) is 2. The lowest BCUT2D eigenvalue weighted by molar-refractivity contribution is -0.904. The molecule has 0 aliphatic carbocycles. The van der Waals surface area contributed by atoms with Gasteiger partial charge in [-0.15, -0.1) is 0 Å². The molecule has 1 aromatic heterocycles. The molecule has 152 valence electrons. The molecule has 0 aliphatic heterocycles. The second-order valence-electron chi connectivity index (χ2n) is 9.12. The lowest BCUT2D eigenvalue weighted by atomic mass is 10.1. The van der Waals surface area contributed by atoms with E-state index in [-0.39, 0.29) is 6.10 Å². The van der Waals surface area contributed by atoms with Crippen LogP contribution >= 0.6 is 0 Å². The highest BCUT2D eigenvalue weighted by atomic mass is 16.3. The summed E-state index contributed by atoms with van der Waals surface area (Å²) >= 11 is 0. The monoisotopic (exact) mass is 381 g/mol. The van der Waals surface area contributed by atoms with Crippen LogP contribution in [0.25, 0.3) is 21.8 Å². The maximum atomic E-state index is 11.0. The third-order valence-corrected chi connectivity index (χ3v) is 5.75. The van der Waals surface area contributed by atoms with Gasteiger partial charge in [0.1, 0.15) is 12.6 Å². The smallest absolute Gasteiger partial charge is 0.121 e. The average Bonchev–Trinajstić information content (AvgIpc) is 2.98. The van der Waals surface area contributed by atoms with Gasteiger partial charge in [-0.3, -0.25) is 0 Å². The molecular weight excluding hydrogens is 344 g/mol. The quantitative estimate of drug-likeness (QED) is 0.543. The molecule has 0 aliphatic rings. The second-order valence-corrected chi connectivity index (χ2v) is 9.12. The number of nitrogens with zero attached hydrogens (tertiary/aromatic N) is 1. The van der Waals surface area contributed by atoms with Crippen LogP contribution in [0.15, 0.2) is 48.5 Å². The maximum Gasteiger partial charge on any atom is 0.121 e. The SMILES string of the molecule is CC(C)CC[NH+](CCC(C)C)C[C@@H](O)Cn1c2ccccc2c2ccccc21. The van der Waals surface area contributed by atoms with Gasteiger partial charge in [0.25, 0.3) is 0 Å². The van der Waals surface area contributed by atoms with E-state index in [2.05, 4.69) is 80.8 Å². The van der Waals surface area contributed by atoms with Gasteiger partial charge in [0.05, 0.1) is 19.6 Å². The summed E-state index contributed by atoms with van der Waals surface area (Å²) in [7, 11) is 0. The molecule has 0 amide bonds. The molecule has 2 N–H and O–H groups in total. The summed E-state index contributed by atoms with van der Waals surface area (Å²) in [6, 6.07) is 17.1. The van der Waals surface area contributed by atoms with Gasteiger partial charge in [-0.2, -0.15) is 0 Å². The summed E-state index contributed by atoms with van der Waals surface area (Å²) in [5, 5.41) is 13.5. The first-order valence-corrected chi connectivity index (χ1v) is 10.9. The molecule has 0 spiro atoms.